The monoisotopic (exact) mass is 439 g/mol. The maximum absolute atomic E-state index is 13.0. The largest absolute Gasteiger partial charge is 0.609 e. The lowest BCUT2D eigenvalue weighted by Gasteiger charge is -2.11. The SMILES string of the molecule is Cn1nc(C(F)(F)F)c(C[S@+]([O-])c2ncc(Br)s2)c1OC(F)F. The summed E-state index contributed by atoms with van der Waals surface area (Å²) in [4.78, 5) is 3.78. The standard InChI is InChI=1S/C10H7BrF5N3O2S2/c1-19-7(21-8(12)13)4(6(18-19)10(14,15)16)3-23(20)9-17-2-5(11)22-9/h2,8H,3H2,1H3/t23-/m0/s1. The molecular weight excluding hydrogens is 433 g/mol. The summed E-state index contributed by atoms with van der Waals surface area (Å²) in [6.45, 7) is -3.34. The number of hydrogen-bond acceptors (Lipinski definition) is 5. The van der Waals surface area contributed by atoms with E-state index in [1.54, 1.807) is 0 Å². The van der Waals surface area contributed by atoms with Crippen molar-refractivity contribution >= 4 is 38.4 Å². The third-order valence-corrected chi connectivity index (χ3v) is 5.61. The van der Waals surface area contributed by atoms with Crippen LogP contribution in [0, 0.1) is 0 Å². The first-order valence-electron chi connectivity index (χ1n) is 5.67. The zero-order chi connectivity index (χ0) is 17.4. The van der Waals surface area contributed by atoms with Crippen molar-refractivity contribution < 1.29 is 31.2 Å². The first-order chi connectivity index (χ1) is 10.6. The molecule has 0 aliphatic carbocycles. The Balaban J connectivity index is 2.41. The Morgan fingerprint density at radius 3 is 2.61 bits per heavy atom. The van der Waals surface area contributed by atoms with Gasteiger partial charge >= 0.3 is 17.1 Å². The van der Waals surface area contributed by atoms with Crippen LogP contribution >= 0.6 is 27.3 Å². The lowest BCUT2D eigenvalue weighted by atomic mass is 10.2. The molecule has 0 saturated heterocycles. The van der Waals surface area contributed by atoms with E-state index in [4.69, 9.17) is 0 Å². The average molecular weight is 440 g/mol. The summed E-state index contributed by atoms with van der Waals surface area (Å²) in [5, 5.41) is 3.16. The molecule has 0 fully saturated rings. The van der Waals surface area contributed by atoms with Crippen molar-refractivity contribution in [1.29, 1.82) is 0 Å². The number of hydrogen-bond donors (Lipinski definition) is 0. The van der Waals surface area contributed by atoms with Gasteiger partial charge in [0.1, 0.15) is 5.75 Å². The van der Waals surface area contributed by atoms with E-state index in [0.29, 0.717) is 8.47 Å². The van der Waals surface area contributed by atoms with E-state index in [9.17, 15) is 26.5 Å². The van der Waals surface area contributed by atoms with Gasteiger partial charge in [-0.15, -0.1) is 0 Å². The third kappa shape index (κ3) is 4.33. The van der Waals surface area contributed by atoms with Crippen molar-refractivity contribution in [2.75, 3.05) is 0 Å². The fourth-order valence-corrected chi connectivity index (χ4v) is 4.58. The van der Waals surface area contributed by atoms with Gasteiger partial charge in [0.25, 0.3) is 0 Å². The van der Waals surface area contributed by atoms with Gasteiger partial charge < -0.3 is 9.29 Å². The molecule has 0 aliphatic rings. The summed E-state index contributed by atoms with van der Waals surface area (Å²) in [6.07, 6.45) is -3.56. The third-order valence-electron chi connectivity index (χ3n) is 2.48. The van der Waals surface area contributed by atoms with Gasteiger partial charge in [-0.25, -0.2) is 4.68 Å². The molecule has 1 atom stereocenters. The lowest BCUT2D eigenvalue weighted by molar-refractivity contribution is -0.142. The Morgan fingerprint density at radius 2 is 2.13 bits per heavy atom. The Kier molecular flexibility index (Phi) is 5.53. The number of halogens is 6. The van der Waals surface area contributed by atoms with Gasteiger partial charge in [0.15, 0.2) is 5.69 Å². The molecule has 23 heavy (non-hydrogen) atoms. The van der Waals surface area contributed by atoms with Crippen LogP contribution in [0.1, 0.15) is 11.3 Å². The molecule has 0 spiro atoms. The fraction of sp³-hybridized carbons (Fsp3) is 0.400. The molecule has 0 aromatic carbocycles. The molecule has 0 saturated carbocycles. The van der Waals surface area contributed by atoms with Crippen LogP contribution in [0.4, 0.5) is 22.0 Å². The average Bonchev–Trinajstić information content (AvgIpc) is 2.96. The number of rotatable bonds is 5. The minimum Gasteiger partial charge on any atom is -0.609 e. The van der Waals surface area contributed by atoms with Crippen molar-refractivity contribution in [2.24, 2.45) is 7.05 Å². The van der Waals surface area contributed by atoms with E-state index < -0.39 is 46.9 Å². The molecule has 0 bridgehead atoms. The number of nitrogens with zero attached hydrogens (tertiary/aromatic N) is 3. The predicted octanol–water partition coefficient (Wildman–Crippen LogP) is 3.57. The van der Waals surface area contributed by atoms with Gasteiger partial charge in [0.05, 0.1) is 15.5 Å². The topological polar surface area (TPSA) is 63.0 Å². The Hall–Kier alpha value is -0.920. The molecular formula is C10H7BrF5N3O2S2. The number of aryl methyl sites for hydroxylation is 1. The van der Waals surface area contributed by atoms with Crippen LogP contribution in [0.25, 0.3) is 0 Å². The molecule has 0 N–H and O–H groups in total. The number of ether oxygens (including phenoxy) is 1. The maximum Gasteiger partial charge on any atom is 0.435 e. The van der Waals surface area contributed by atoms with Crippen LogP contribution in [-0.2, 0) is 30.2 Å². The summed E-state index contributed by atoms with van der Waals surface area (Å²) >= 11 is 2.08. The van der Waals surface area contributed by atoms with Crippen molar-refractivity contribution in [3.63, 3.8) is 0 Å². The summed E-state index contributed by atoms with van der Waals surface area (Å²) in [5.41, 5.74) is -2.12. The first kappa shape index (κ1) is 18.4. The Labute approximate surface area is 141 Å². The van der Waals surface area contributed by atoms with Gasteiger partial charge in [-0.1, -0.05) is 11.3 Å². The van der Waals surface area contributed by atoms with Crippen molar-refractivity contribution in [3.8, 4) is 5.88 Å². The summed E-state index contributed by atoms with van der Waals surface area (Å²) < 4.78 is 81.2. The zero-order valence-electron chi connectivity index (χ0n) is 11.1. The second-order valence-corrected chi connectivity index (χ2v) is 8.09. The van der Waals surface area contributed by atoms with E-state index in [-0.39, 0.29) is 4.34 Å². The molecule has 5 nitrogen and oxygen atoms in total. The highest BCUT2D eigenvalue weighted by Gasteiger charge is 2.41. The van der Waals surface area contributed by atoms with E-state index >= 15 is 0 Å². The van der Waals surface area contributed by atoms with E-state index in [2.05, 4.69) is 30.7 Å². The minimum atomic E-state index is -4.90. The van der Waals surface area contributed by atoms with Crippen molar-refractivity contribution in [2.45, 2.75) is 22.9 Å². The van der Waals surface area contributed by atoms with E-state index in [1.165, 1.54) is 6.20 Å². The van der Waals surface area contributed by atoms with Gasteiger partial charge in [-0.3, -0.25) is 0 Å². The minimum absolute atomic E-state index is 0.0526. The molecule has 2 rings (SSSR count). The molecule has 13 heteroatoms. The molecule has 128 valence electrons. The zero-order valence-corrected chi connectivity index (χ0v) is 14.3. The molecule has 2 aromatic heterocycles. The van der Waals surface area contributed by atoms with Crippen LogP contribution in [0.3, 0.4) is 0 Å². The second-order valence-electron chi connectivity index (χ2n) is 4.05. The van der Waals surface area contributed by atoms with Gasteiger partial charge in [0, 0.05) is 18.2 Å². The van der Waals surface area contributed by atoms with Gasteiger partial charge in [-0.2, -0.15) is 32.0 Å². The van der Waals surface area contributed by atoms with E-state index in [1.807, 2.05) is 0 Å². The van der Waals surface area contributed by atoms with Crippen molar-refractivity contribution in [1.82, 2.24) is 14.8 Å². The second kappa shape index (κ2) is 6.91. The number of thiazole rings is 1. The van der Waals surface area contributed by atoms with Crippen molar-refractivity contribution in [3.05, 3.63) is 21.2 Å². The summed E-state index contributed by atoms with van der Waals surface area (Å²) in [5.74, 6) is -1.48. The highest BCUT2D eigenvalue weighted by atomic mass is 79.9. The maximum atomic E-state index is 13.0. The van der Waals surface area contributed by atoms with Crippen LogP contribution < -0.4 is 4.74 Å². The number of alkyl halides is 5. The number of aromatic nitrogens is 3. The molecule has 2 aromatic rings. The molecule has 0 aliphatic heterocycles. The van der Waals surface area contributed by atoms with E-state index in [0.717, 1.165) is 18.4 Å². The highest BCUT2D eigenvalue weighted by Crippen LogP contribution is 2.38. The van der Waals surface area contributed by atoms with Gasteiger partial charge in [-0.05, 0) is 15.9 Å². The molecule has 0 amide bonds. The summed E-state index contributed by atoms with van der Waals surface area (Å²) in [7, 11) is 1.03. The van der Waals surface area contributed by atoms with Crippen LogP contribution in [-0.4, -0.2) is 25.9 Å². The van der Waals surface area contributed by atoms with Crippen LogP contribution in [0.15, 0.2) is 14.3 Å². The van der Waals surface area contributed by atoms with Crippen LogP contribution in [0.2, 0.25) is 0 Å². The summed E-state index contributed by atoms with van der Waals surface area (Å²) in [6, 6.07) is 0. The fourth-order valence-electron chi connectivity index (χ4n) is 1.68. The quantitative estimate of drug-likeness (QED) is 0.527. The Morgan fingerprint density at radius 1 is 1.48 bits per heavy atom. The molecule has 0 unspecified atom stereocenters. The van der Waals surface area contributed by atoms with Crippen LogP contribution in [0.5, 0.6) is 5.88 Å². The lowest BCUT2D eigenvalue weighted by Crippen LogP contribution is -2.14. The normalized spacial score (nSPS) is 13.6. The Bertz CT molecular complexity index is 691. The first-order valence-corrected chi connectivity index (χ1v) is 8.60. The smallest absolute Gasteiger partial charge is 0.435 e. The van der Waals surface area contributed by atoms with Gasteiger partial charge in [0.2, 0.25) is 5.88 Å². The predicted molar refractivity (Wildman–Crippen MR) is 74.8 cm³/mol. The highest BCUT2D eigenvalue weighted by molar-refractivity contribution is 9.11. The molecule has 2 heterocycles. The molecule has 0 radical (unpaired) electrons.